The van der Waals surface area contributed by atoms with Gasteiger partial charge in [0.25, 0.3) is 0 Å². The Kier molecular flexibility index (Phi) is 12.8. The van der Waals surface area contributed by atoms with Crippen molar-refractivity contribution < 1.29 is 9.47 Å². The van der Waals surface area contributed by atoms with E-state index in [1.807, 2.05) is 72.9 Å². The Hall–Kier alpha value is -12.8. The van der Waals surface area contributed by atoms with Crippen molar-refractivity contribution in [3.05, 3.63) is 378 Å². The fraction of sp³-hybridized carbons (Fsp3) is 0.0220. The highest BCUT2D eigenvalue weighted by molar-refractivity contribution is 7.18. The lowest BCUT2D eigenvalue weighted by atomic mass is 9.65. The molecular formula is C91H55N5O2S. The highest BCUT2D eigenvalue weighted by Gasteiger charge is 2.54. The van der Waals surface area contributed by atoms with Crippen molar-refractivity contribution in [1.82, 2.24) is 24.9 Å². The second-order valence-electron chi connectivity index (χ2n) is 25.6. The third kappa shape index (κ3) is 8.66. The van der Waals surface area contributed by atoms with E-state index in [0.717, 1.165) is 156 Å². The fourth-order valence-electron chi connectivity index (χ4n) is 16.2. The van der Waals surface area contributed by atoms with Crippen molar-refractivity contribution in [1.29, 1.82) is 0 Å². The maximum absolute atomic E-state index is 7.68. The minimum absolute atomic E-state index is 0.637. The molecule has 2 spiro atoms. The van der Waals surface area contributed by atoms with Gasteiger partial charge in [-0.1, -0.05) is 249 Å². The molecule has 0 saturated carbocycles. The van der Waals surface area contributed by atoms with E-state index in [4.69, 9.17) is 34.4 Å². The zero-order chi connectivity index (χ0) is 65.2. The van der Waals surface area contributed by atoms with Crippen LogP contribution in [0.4, 0.5) is 0 Å². The summed E-state index contributed by atoms with van der Waals surface area (Å²) in [5.74, 6) is 4.52. The van der Waals surface area contributed by atoms with E-state index in [2.05, 4.69) is 261 Å². The summed E-state index contributed by atoms with van der Waals surface area (Å²) in [6.07, 6.45) is 1.88. The van der Waals surface area contributed by atoms with Crippen molar-refractivity contribution in [2.75, 3.05) is 0 Å². The van der Waals surface area contributed by atoms with E-state index in [1.165, 1.54) is 22.3 Å². The van der Waals surface area contributed by atoms with Crippen LogP contribution in [0, 0.1) is 0 Å². The predicted octanol–water partition coefficient (Wildman–Crippen LogP) is 22.7. The van der Waals surface area contributed by atoms with E-state index in [-0.39, 0.29) is 0 Å². The first-order valence-corrected chi connectivity index (χ1v) is 34.2. The first-order valence-electron chi connectivity index (χ1n) is 33.4. The van der Waals surface area contributed by atoms with Gasteiger partial charge in [0.1, 0.15) is 23.0 Å². The molecule has 20 rings (SSSR count). The van der Waals surface area contributed by atoms with Crippen LogP contribution in [0.25, 0.3) is 122 Å². The standard InChI is InChI=1S/C91H55N5O2S/c1-5-25-56(26-6-1)76-54-78(95-88(93-76)58-29-9-3-10-30-58)66-37-24-50-92-86(66)60-46-47-82-74(52-60)91(71-41-19-21-44-80(71)97-82)70-40-18-15-35-65(70)85-64(36-23-43-73(85)91)67-51-61(83-48-49-84(99-83)79-55-77(57-27-7-2-8-28-57)94-89(96-79)59-31-11-4-12-32-59)53-75-87(67)98-81-45-22-20-42-72(81)90(75)68-38-16-13-33-62(68)63-34-14-17-39-69(63)90/h1-55H. The van der Waals surface area contributed by atoms with Gasteiger partial charge in [-0.3, -0.25) is 4.98 Å². The van der Waals surface area contributed by atoms with E-state index in [1.54, 1.807) is 11.3 Å². The summed E-state index contributed by atoms with van der Waals surface area (Å²) < 4.78 is 14.8. The van der Waals surface area contributed by atoms with Crippen LogP contribution in [0.1, 0.15) is 44.5 Å². The molecule has 0 fully saturated rings. The number of thiophene rings is 1. The van der Waals surface area contributed by atoms with Crippen molar-refractivity contribution in [3.8, 4) is 145 Å². The summed E-state index contributed by atoms with van der Waals surface area (Å²) >= 11 is 1.75. The number of pyridine rings is 1. The van der Waals surface area contributed by atoms with Crippen molar-refractivity contribution in [2.24, 2.45) is 0 Å². The van der Waals surface area contributed by atoms with Crippen LogP contribution in [0.15, 0.2) is 334 Å². The number of fused-ring (bicyclic) bond motifs is 18. The summed E-state index contributed by atoms with van der Waals surface area (Å²) in [6.45, 7) is 0. The van der Waals surface area contributed by atoms with Crippen LogP contribution in [0.2, 0.25) is 0 Å². The van der Waals surface area contributed by atoms with Gasteiger partial charge >= 0.3 is 0 Å². The van der Waals surface area contributed by atoms with Crippen molar-refractivity contribution in [3.63, 3.8) is 0 Å². The van der Waals surface area contributed by atoms with E-state index < -0.39 is 10.8 Å². The van der Waals surface area contributed by atoms with Gasteiger partial charge in [-0.05, 0) is 134 Å². The van der Waals surface area contributed by atoms with Crippen LogP contribution < -0.4 is 9.47 Å². The van der Waals surface area contributed by atoms with E-state index in [0.29, 0.717) is 11.6 Å². The molecule has 1 unspecified atom stereocenters. The Morgan fingerprint density at radius 3 is 1.34 bits per heavy atom. The maximum atomic E-state index is 7.68. The quantitative estimate of drug-likeness (QED) is 0.142. The summed E-state index contributed by atoms with van der Waals surface area (Å²) in [5.41, 5.74) is 25.0. The number of rotatable bonds is 9. The molecule has 0 bridgehead atoms. The number of benzene rings is 12. The van der Waals surface area contributed by atoms with Crippen molar-refractivity contribution >= 4 is 11.3 Å². The van der Waals surface area contributed by atoms with Gasteiger partial charge in [-0.2, -0.15) is 0 Å². The summed E-state index contributed by atoms with van der Waals surface area (Å²) in [7, 11) is 0. The van der Waals surface area contributed by atoms with Gasteiger partial charge in [-0.25, -0.2) is 19.9 Å². The third-order valence-electron chi connectivity index (χ3n) is 20.4. The number of nitrogens with zero attached hydrogens (tertiary/aromatic N) is 5. The van der Waals surface area contributed by atoms with Crippen LogP contribution in [-0.4, -0.2) is 24.9 Å². The van der Waals surface area contributed by atoms with Crippen LogP contribution in [0.5, 0.6) is 23.0 Å². The molecule has 2 aliphatic heterocycles. The van der Waals surface area contributed by atoms with E-state index >= 15 is 0 Å². The Balaban J connectivity index is 0.823. The van der Waals surface area contributed by atoms with Gasteiger partial charge in [0, 0.05) is 72.3 Å². The molecule has 7 nitrogen and oxygen atoms in total. The van der Waals surface area contributed by atoms with Gasteiger partial charge in [0.05, 0.1) is 44.2 Å². The molecule has 462 valence electrons. The average Bonchev–Trinajstić information content (AvgIpc) is 1.56. The predicted molar refractivity (Wildman–Crippen MR) is 397 cm³/mol. The monoisotopic (exact) mass is 1280 g/mol. The van der Waals surface area contributed by atoms with Gasteiger partial charge < -0.3 is 9.47 Å². The highest BCUT2D eigenvalue weighted by atomic mass is 32.1. The highest BCUT2D eigenvalue weighted by Crippen LogP contribution is 2.67. The van der Waals surface area contributed by atoms with Crippen LogP contribution in [0.3, 0.4) is 0 Å². The lowest BCUT2D eigenvalue weighted by Gasteiger charge is -2.40. The number of ether oxygens (including phenoxy) is 2. The Morgan fingerprint density at radius 1 is 0.253 bits per heavy atom. The largest absolute Gasteiger partial charge is 0.457 e. The van der Waals surface area contributed by atoms with Crippen LogP contribution >= 0.6 is 11.3 Å². The van der Waals surface area contributed by atoms with Gasteiger partial charge in [-0.15, -0.1) is 11.3 Å². The number of hydrogen-bond donors (Lipinski definition) is 0. The smallest absolute Gasteiger partial charge is 0.160 e. The lowest BCUT2D eigenvalue weighted by molar-refractivity contribution is 0.436. The molecule has 0 N–H and O–H groups in total. The molecule has 4 aliphatic rings. The summed E-state index contributed by atoms with van der Waals surface area (Å²) in [4.78, 5) is 28.4. The number of aromatic nitrogens is 5. The molecule has 6 heterocycles. The second kappa shape index (κ2) is 22.4. The first-order chi connectivity index (χ1) is 49.1. The molecule has 12 aromatic carbocycles. The second-order valence-corrected chi connectivity index (χ2v) is 26.7. The maximum Gasteiger partial charge on any atom is 0.160 e. The Labute approximate surface area is 576 Å². The molecule has 99 heavy (non-hydrogen) atoms. The SMILES string of the molecule is c1ccc(-c2cc(-c3ccc(-c4cc(-c5cccc6c5-c5ccccc5C65c6ccccc6Oc6ccc(-c7ncccc7-c7cc(-c8ccccc8)nc(-c8ccccc8)n7)cc65)c5c(c4)C4(c6ccccc6O5)c5ccccc5-c5ccccc54)s3)nc(-c3ccccc3)n2)cc1. The first kappa shape index (κ1) is 56.6. The molecule has 1 atom stereocenters. The Morgan fingerprint density at radius 2 is 0.707 bits per heavy atom. The molecular weight excluding hydrogens is 1230 g/mol. The topological polar surface area (TPSA) is 82.9 Å². The normalized spacial score (nSPS) is 14.3. The number of para-hydroxylation sites is 2. The Bertz CT molecular complexity index is 5790. The van der Waals surface area contributed by atoms with Gasteiger partial charge in [0.15, 0.2) is 11.6 Å². The molecule has 4 aromatic heterocycles. The molecule has 0 amide bonds. The lowest BCUT2D eigenvalue weighted by Crippen LogP contribution is -2.32. The molecule has 8 heteroatoms. The molecule has 0 saturated heterocycles. The molecule has 0 radical (unpaired) electrons. The minimum atomic E-state index is -0.875. The third-order valence-corrected chi connectivity index (χ3v) is 21.5. The van der Waals surface area contributed by atoms with Crippen LogP contribution in [-0.2, 0) is 10.8 Å². The summed E-state index contributed by atoms with van der Waals surface area (Å²) in [6, 6.07) is 117. The fourth-order valence-corrected chi connectivity index (χ4v) is 17.1. The zero-order valence-corrected chi connectivity index (χ0v) is 54.0. The zero-order valence-electron chi connectivity index (χ0n) is 53.2. The van der Waals surface area contributed by atoms with Gasteiger partial charge in [0.2, 0.25) is 0 Å². The summed E-state index contributed by atoms with van der Waals surface area (Å²) in [5, 5.41) is 0. The minimum Gasteiger partial charge on any atom is -0.457 e. The molecule has 16 aromatic rings. The average molecular weight is 1280 g/mol. The van der Waals surface area contributed by atoms with Crippen molar-refractivity contribution in [2.45, 2.75) is 10.8 Å². The number of hydrogen-bond acceptors (Lipinski definition) is 8. The van der Waals surface area contributed by atoms with E-state index in [9.17, 15) is 0 Å². The molecule has 2 aliphatic carbocycles.